The Labute approximate surface area is 195 Å². The third-order valence-corrected chi connectivity index (χ3v) is 5.67. The maximum Gasteiger partial charge on any atom is 0.176 e. The summed E-state index contributed by atoms with van der Waals surface area (Å²) >= 11 is 0. The van der Waals surface area contributed by atoms with Crippen molar-refractivity contribution in [2.24, 2.45) is 15.1 Å². The molecule has 3 rings (SSSR count). The highest BCUT2D eigenvalue weighted by atomic mass is 16.5. The molecule has 174 valence electrons. The lowest BCUT2D eigenvalue weighted by molar-refractivity contribution is -0.128. The molecule has 0 aliphatic carbocycles. The van der Waals surface area contributed by atoms with Crippen LogP contribution in [0.2, 0.25) is 0 Å². The Morgan fingerprint density at radius 3 is 2.79 bits per heavy atom. The Balaban J connectivity index is 1.83. The van der Waals surface area contributed by atoms with Crippen molar-refractivity contribution < 1.29 is 9.53 Å². The predicted molar refractivity (Wildman–Crippen MR) is 133 cm³/mol. The van der Waals surface area contributed by atoms with Gasteiger partial charge in [-0.3, -0.25) is 14.8 Å². The molecule has 2 heterocycles. The van der Waals surface area contributed by atoms with Gasteiger partial charge in [-0.05, 0) is 24.6 Å². The van der Waals surface area contributed by atoms with Crippen molar-refractivity contribution in [1.29, 1.82) is 0 Å². The number of aliphatic imine (C=N–C) groups is 2. The summed E-state index contributed by atoms with van der Waals surface area (Å²) in [5, 5.41) is 10.1. The van der Waals surface area contributed by atoms with E-state index < -0.39 is 0 Å². The maximum atomic E-state index is 12.9. The van der Waals surface area contributed by atoms with Crippen LogP contribution in [0.15, 0.2) is 76.2 Å². The Morgan fingerprint density at radius 1 is 1.33 bits per heavy atom. The van der Waals surface area contributed by atoms with Gasteiger partial charge in [0.15, 0.2) is 11.6 Å². The second-order valence-electron chi connectivity index (χ2n) is 7.91. The maximum absolute atomic E-state index is 12.9. The average Bonchev–Trinajstić information content (AvgIpc) is 2.81. The number of hydrogen-bond donors (Lipinski definition) is 0. The standard InChI is InChI=1S/C25H32N6O2/c1-7-33-18(2)16-27-25(26-4)21-10-8-9-20(15-21)19(3)24-23(32)12-14-31(30(24)6)22-11-13-29(5)28-17-22/h8-17,19,22,24H,2,7H2,1,3-6H3. The Hall–Kier alpha value is -3.52. The van der Waals surface area contributed by atoms with Gasteiger partial charge in [0.25, 0.3) is 0 Å². The normalized spacial score (nSPS) is 22.3. The number of nitrogens with zero attached hydrogens (tertiary/aromatic N) is 6. The number of allylic oxidation sites excluding steroid dienone is 1. The summed E-state index contributed by atoms with van der Waals surface area (Å²) in [5.74, 6) is 1.05. The molecule has 8 nitrogen and oxygen atoms in total. The first-order chi connectivity index (χ1) is 15.8. The molecule has 0 aromatic heterocycles. The fourth-order valence-electron chi connectivity index (χ4n) is 3.95. The van der Waals surface area contributed by atoms with Gasteiger partial charge in [-0.15, -0.1) is 0 Å². The Kier molecular flexibility index (Phi) is 7.95. The molecular weight excluding hydrogens is 416 g/mol. The Bertz CT molecular complexity index is 1010. The first-order valence-corrected chi connectivity index (χ1v) is 11.0. The Morgan fingerprint density at radius 2 is 2.12 bits per heavy atom. The van der Waals surface area contributed by atoms with Crippen LogP contribution in [0.25, 0.3) is 0 Å². The molecular formula is C25H32N6O2. The van der Waals surface area contributed by atoms with Gasteiger partial charge in [0, 0.05) is 51.1 Å². The highest BCUT2D eigenvalue weighted by Crippen LogP contribution is 2.29. The zero-order chi connectivity index (χ0) is 24.0. The molecule has 0 saturated carbocycles. The third kappa shape index (κ3) is 5.64. The van der Waals surface area contributed by atoms with Crippen LogP contribution >= 0.6 is 0 Å². The van der Waals surface area contributed by atoms with Gasteiger partial charge in [-0.2, -0.15) is 5.10 Å². The summed E-state index contributed by atoms with van der Waals surface area (Å²) in [7, 11) is 5.52. The van der Waals surface area contributed by atoms with Crippen molar-refractivity contribution in [2.75, 3.05) is 27.7 Å². The number of benzene rings is 1. The van der Waals surface area contributed by atoms with E-state index in [0.29, 0.717) is 18.2 Å². The first kappa shape index (κ1) is 24.1. The largest absolute Gasteiger partial charge is 0.493 e. The van der Waals surface area contributed by atoms with Crippen LogP contribution in [-0.2, 0) is 9.53 Å². The molecule has 33 heavy (non-hydrogen) atoms. The highest BCUT2D eigenvalue weighted by Gasteiger charge is 2.36. The van der Waals surface area contributed by atoms with Gasteiger partial charge in [0.1, 0.15) is 11.8 Å². The SMILES string of the molecule is C=C(C=NC(=NC)c1cccc(C(C)C2C(=O)C=CN(C3C=CN(C)N=C3)N2C)c1)OCC. The van der Waals surface area contributed by atoms with Crippen LogP contribution in [0.1, 0.15) is 30.9 Å². The molecule has 3 unspecified atom stereocenters. The molecule has 3 atom stereocenters. The molecule has 0 N–H and O–H groups in total. The van der Waals surface area contributed by atoms with Crippen molar-refractivity contribution >= 4 is 24.0 Å². The zero-order valence-corrected chi connectivity index (χ0v) is 19.9. The average molecular weight is 449 g/mol. The summed E-state index contributed by atoms with van der Waals surface area (Å²) in [6, 6.07) is 7.59. The number of rotatable bonds is 7. The number of ether oxygens (including phenoxy) is 1. The predicted octanol–water partition coefficient (Wildman–Crippen LogP) is 3.21. The number of ketones is 1. The number of hydrazine groups is 1. The van der Waals surface area contributed by atoms with Crippen LogP contribution < -0.4 is 0 Å². The van der Waals surface area contributed by atoms with Crippen molar-refractivity contribution in [3.05, 3.63) is 72.3 Å². The number of hydrazone groups is 1. The van der Waals surface area contributed by atoms with E-state index in [9.17, 15) is 4.79 Å². The second kappa shape index (κ2) is 10.9. The quantitative estimate of drug-likeness (QED) is 0.364. The summed E-state index contributed by atoms with van der Waals surface area (Å²) in [5.41, 5.74) is 1.90. The minimum absolute atomic E-state index is 0.0526. The van der Waals surface area contributed by atoms with Crippen LogP contribution in [0.3, 0.4) is 0 Å². The van der Waals surface area contributed by atoms with Crippen molar-refractivity contribution in [3.8, 4) is 0 Å². The highest BCUT2D eigenvalue weighted by molar-refractivity contribution is 6.04. The van der Waals surface area contributed by atoms with Crippen LogP contribution in [-0.4, -0.2) is 78.9 Å². The molecule has 2 aliphatic heterocycles. The molecule has 0 spiro atoms. The number of likely N-dealkylation sites (N-methyl/N-ethyl adjacent to an activating group) is 1. The topological polar surface area (TPSA) is 73.1 Å². The lowest BCUT2D eigenvalue weighted by Crippen LogP contribution is -2.55. The molecule has 1 aromatic rings. The third-order valence-electron chi connectivity index (χ3n) is 5.67. The van der Waals surface area contributed by atoms with Gasteiger partial charge < -0.3 is 9.75 Å². The fraction of sp³-hybridized carbons (Fsp3) is 0.360. The fourth-order valence-corrected chi connectivity index (χ4v) is 3.95. The summed E-state index contributed by atoms with van der Waals surface area (Å²) in [6.45, 7) is 8.32. The molecule has 2 aliphatic rings. The van der Waals surface area contributed by atoms with E-state index in [1.165, 1.54) is 0 Å². The van der Waals surface area contributed by atoms with Crippen molar-refractivity contribution in [3.63, 3.8) is 0 Å². The minimum atomic E-state index is -0.352. The van der Waals surface area contributed by atoms with Crippen LogP contribution in [0.5, 0.6) is 0 Å². The van der Waals surface area contributed by atoms with Crippen LogP contribution in [0, 0.1) is 0 Å². The van der Waals surface area contributed by atoms with E-state index in [1.807, 2.05) is 80.0 Å². The zero-order valence-electron chi connectivity index (χ0n) is 19.9. The van der Waals surface area contributed by atoms with E-state index in [-0.39, 0.29) is 23.8 Å². The van der Waals surface area contributed by atoms with E-state index in [2.05, 4.69) is 28.6 Å². The van der Waals surface area contributed by atoms with E-state index >= 15 is 0 Å². The summed E-state index contributed by atoms with van der Waals surface area (Å²) < 4.78 is 5.33. The van der Waals surface area contributed by atoms with Gasteiger partial charge in [-0.1, -0.05) is 31.7 Å². The molecule has 1 aromatic carbocycles. The summed E-state index contributed by atoms with van der Waals surface area (Å²) in [6.07, 6.45) is 10.8. The van der Waals surface area contributed by atoms with Crippen molar-refractivity contribution in [2.45, 2.75) is 31.8 Å². The van der Waals surface area contributed by atoms with Crippen LogP contribution in [0.4, 0.5) is 0 Å². The van der Waals surface area contributed by atoms with E-state index in [4.69, 9.17) is 4.74 Å². The lowest BCUT2D eigenvalue weighted by Gasteiger charge is -2.44. The molecule has 0 bridgehead atoms. The molecule has 0 radical (unpaired) electrons. The molecule has 0 saturated heterocycles. The van der Waals surface area contributed by atoms with Crippen molar-refractivity contribution in [1.82, 2.24) is 15.0 Å². The second-order valence-corrected chi connectivity index (χ2v) is 7.91. The number of carbonyl (C=O) groups excluding carboxylic acids is 1. The number of carbonyl (C=O) groups is 1. The van der Waals surface area contributed by atoms with Gasteiger partial charge >= 0.3 is 0 Å². The summed E-state index contributed by atoms with van der Waals surface area (Å²) in [4.78, 5) is 21.7. The van der Waals surface area contributed by atoms with Gasteiger partial charge in [0.05, 0.1) is 25.1 Å². The molecule has 8 heteroatoms. The van der Waals surface area contributed by atoms with Gasteiger partial charge in [-0.25, -0.2) is 10.0 Å². The monoisotopic (exact) mass is 448 g/mol. The number of hydrogen-bond acceptors (Lipinski definition) is 7. The number of amidine groups is 1. The minimum Gasteiger partial charge on any atom is -0.493 e. The van der Waals surface area contributed by atoms with E-state index in [1.54, 1.807) is 24.3 Å². The molecule has 0 amide bonds. The van der Waals surface area contributed by atoms with Gasteiger partial charge in [0.2, 0.25) is 0 Å². The van der Waals surface area contributed by atoms with E-state index in [0.717, 1.165) is 11.1 Å². The molecule has 0 fully saturated rings. The smallest absolute Gasteiger partial charge is 0.176 e. The first-order valence-electron chi connectivity index (χ1n) is 11.0. The lowest BCUT2D eigenvalue weighted by atomic mass is 9.88.